The summed E-state index contributed by atoms with van der Waals surface area (Å²) < 4.78 is 33.1. The van der Waals surface area contributed by atoms with E-state index < -0.39 is 14.5 Å². The van der Waals surface area contributed by atoms with E-state index in [-0.39, 0.29) is 0 Å². The van der Waals surface area contributed by atoms with Crippen LogP contribution in [-0.4, -0.2) is 14.5 Å². The maximum absolute atomic E-state index is 11.6. The quantitative estimate of drug-likeness (QED) is 0.531. The maximum atomic E-state index is 11.6. The second-order valence-electron chi connectivity index (χ2n) is 1.20. The molecule has 5 heteroatoms. The Morgan fingerprint density at radius 1 is 1.38 bits per heavy atom. The van der Waals surface area contributed by atoms with E-state index in [0.717, 1.165) is 0 Å². The molecule has 0 N–H and O–H groups in total. The third kappa shape index (κ3) is 2.70. The van der Waals surface area contributed by atoms with E-state index in [2.05, 4.69) is 0 Å². The molecule has 50 valence electrons. The van der Waals surface area contributed by atoms with Crippen LogP contribution in [0.1, 0.15) is 0 Å². The third-order valence-electron chi connectivity index (χ3n) is 0.497. The Balaban J connectivity index is 3.71. The van der Waals surface area contributed by atoms with Gasteiger partial charge in [-0.2, -0.15) is 0 Å². The molecule has 0 heterocycles. The van der Waals surface area contributed by atoms with Crippen LogP contribution in [0.4, 0.5) is 13.2 Å². The van der Waals surface area contributed by atoms with E-state index in [1.54, 1.807) is 0 Å². The minimum absolute atomic E-state index is 0.994. The normalized spacial score (nSPS) is 12.8. The first kappa shape index (κ1) is 9.25. The van der Waals surface area contributed by atoms with Gasteiger partial charge in [0.15, 0.2) is 1.43 Å². The van der Waals surface area contributed by atoms with Crippen molar-refractivity contribution in [3.8, 4) is 0 Å². The lowest BCUT2D eigenvalue weighted by atomic mass is 10.5. The highest BCUT2D eigenvalue weighted by Gasteiger charge is 2.33. The van der Waals surface area contributed by atoms with Gasteiger partial charge in [0.1, 0.15) is 6.67 Å². The van der Waals surface area contributed by atoms with Crippen molar-refractivity contribution in [2.24, 2.45) is 0 Å². The summed E-state index contributed by atoms with van der Waals surface area (Å²) in [7, 11) is 0. The Labute approximate surface area is 72.5 Å². The highest BCUT2D eigenvalue weighted by atomic mass is 127. The molecule has 0 amide bonds. The SMILES string of the molecule is FCC(I)(I)C(F)F. The van der Waals surface area contributed by atoms with Gasteiger partial charge in [-0.1, -0.05) is 45.2 Å². The maximum Gasteiger partial charge on any atom is 0.264 e. The molecule has 0 saturated heterocycles. The molecule has 0 nitrogen and oxygen atoms in total. The van der Waals surface area contributed by atoms with Crippen LogP contribution in [0.25, 0.3) is 0 Å². The van der Waals surface area contributed by atoms with Gasteiger partial charge in [-0.05, 0) is 0 Å². The topological polar surface area (TPSA) is 0 Å². The molecule has 0 aromatic heterocycles. The zero-order valence-electron chi connectivity index (χ0n) is 3.67. The van der Waals surface area contributed by atoms with Crippen molar-refractivity contribution < 1.29 is 13.2 Å². The number of rotatable bonds is 2. The number of hydrogen-bond acceptors (Lipinski definition) is 0. The van der Waals surface area contributed by atoms with E-state index in [4.69, 9.17) is 0 Å². The summed E-state index contributed by atoms with van der Waals surface area (Å²) in [6.45, 7) is -0.994. The van der Waals surface area contributed by atoms with E-state index in [9.17, 15) is 13.2 Å². The number of alkyl halides is 5. The van der Waals surface area contributed by atoms with Crippen molar-refractivity contribution in [1.29, 1.82) is 0 Å². The number of halogens is 5. The zero-order chi connectivity index (χ0) is 6.78. The molecular formula is C3H3F3I2. The molecule has 0 aliphatic heterocycles. The molecule has 0 aliphatic rings. The van der Waals surface area contributed by atoms with Crippen molar-refractivity contribution in [3.63, 3.8) is 0 Å². The van der Waals surface area contributed by atoms with Gasteiger partial charge in [0.2, 0.25) is 0 Å². The molecule has 8 heavy (non-hydrogen) atoms. The average Bonchev–Trinajstić information content (AvgIpc) is 1.67. The predicted octanol–water partition coefficient (Wildman–Crippen LogP) is 2.79. The molecule has 0 rings (SSSR count). The van der Waals surface area contributed by atoms with Gasteiger partial charge in [-0.3, -0.25) is 0 Å². The molecule has 0 aromatic rings. The average molecular weight is 350 g/mol. The van der Waals surface area contributed by atoms with Crippen LogP contribution in [0.15, 0.2) is 0 Å². The molecule has 0 saturated carbocycles. The smallest absolute Gasteiger partial charge is 0.249 e. The van der Waals surface area contributed by atoms with Crippen molar-refractivity contribution >= 4 is 45.2 Å². The molecule has 0 atom stereocenters. The van der Waals surface area contributed by atoms with E-state index in [1.807, 2.05) is 0 Å². The summed E-state index contributed by atoms with van der Waals surface area (Å²) >= 11 is 2.78. The Morgan fingerprint density at radius 2 is 1.75 bits per heavy atom. The molecule has 0 aliphatic carbocycles. The van der Waals surface area contributed by atoms with E-state index in [1.165, 1.54) is 45.2 Å². The van der Waals surface area contributed by atoms with Crippen molar-refractivity contribution in [3.05, 3.63) is 0 Å². The minimum Gasteiger partial charge on any atom is -0.249 e. The lowest BCUT2D eigenvalue weighted by Gasteiger charge is -2.13. The Bertz CT molecular complexity index is 72.9. The second kappa shape index (κ2) is 3.43. The monoisotopic (exact) mass is 350 g/mol. The van der Waals surface area contributed by atoms with Crippen LogP contribution in [0.2, 0.25) is 0 Å². The largest absolute Gasteiger partial charge is 0.264 e. The first-order valence-electron chi connectivity index (χ1n) is 1.72. The summed E-state index contributed by atoms with van der Waals surface area (Å²) in [5.41, 5.74) is 0. The molecule has 0 radical (unpaired) electrons. The van der Waals surface area contributed by atoms with Gasteiger partial charge in [0, 0.05) is 0 Å². The van der Waals surface area contributed by atoms with Crippen molar-refractivity contribution in [2.45, 2.75) is 7.85 Å². The van der Waals surface area contributed by atoms with Crippen LogP contribution in [-0.2, 0) is 0 Å². The molecule has 0 spiro atoms. The summed E-state index contributed by atoms with van der Waals surface area (Å²) in [5, 5.41) is 0. The summed E-state index contributed by atoms with van der Waals surface area (Å²) in [4.78, 5) is 0. The zero-order valence-corrected chi connectivity index (χ0v) is 7.99. The fourth-order valence-electron chi connectivity index (χ4n) is 0.0583. The van der Waals surface area contributed by atoms with Gasteiger partial charge in [0.25, 0.3) is 6.43 Å². The fraction of sp³-hybridized carbons (Fsp3) is 1.00. The van der Waals surface area contributed by atoms with Crippen LogP contribution in [0.3, 0.4) is 0 Å². The lowest BCUT2D eigenvalue weighted by Crippen LogP contribution is -2.23. The highest BCUT2D eigenvalue weighted by molar-refractivity contribution is 14.2. The number of hydrogen-bond donors (Lipinski definition) is 0. The van der Waals surface area contributed by atoms with E-state index >= 15 is 0 Å². The lowest BCUT2D eigenvalue weighted by molar-refractivity contribution is 0.134. The van der Waals surface area contributed by atoms with Crippen molar-refractivity contribution in [1.82, 2.24) is 0 Å². The molecule has 0 fully saturated rings. The predicted molar refractivity (Wildman–Crippen MR) is 42.8 cm³/mol. The summed E-state index contributed by atoms with van der Waals surface area (Å²) in [5.74, 6) is 0. The highest BCUT2D eigenvalue weighted by Crippen LogP contribution is 2.34. The first-order chi connectivity index (χ1) is 3.50. The molecular weight excluding hydrogens is 347 g/mol. The van der Waals surface area contributed by atoms with Crippen LogP contribution in [0.5, 0.6) is 0 Å². The molecule has 0 aromatic carbocycles. The summed E-state index contributed by atoms with van der Waals surface area (Å²) in [6, 6.07) is 0. The fourth-order valence-corrected chi connectivity index (χ4v) is 0.0583. The molecule has 0 bridgehead atoms. The van der Waals surface area contributed by atoms with Crippen molar-refractivity contribution in [2.75, 3.05) is 6.67 Å². The van der Waals surface area contributed by atoms with Crippen LogP contribution >= 0.6 is 45.2 Å². The minimum atomic E-state index is -2.59. The van der Waals surface area contributed by atoms with Gasteiger partial charge >= 0.3 is 0 Å². The van der Waals surface area contributed by atoms with E-state index in [0.29, 0.717) is 0 Å². The van der Waals surface area contributed by atoms with Gasteiger partial charge in [0.05, 0.1) is 0 Å². The van der Waals surface area contributed by atoms with Gasteiger partial charge in [-0.25, -0.2) is 13.2 Å². The van der Waals surface area contributed by atoms with Gasteiger partial charge in [-0.15, -0.1) is 0 Å². The van der Waals surface area contributed by atoms with Crippen LogP contribution < -0.4 is 0 Å². The third-order valence-corrected chi connectivity index (χ3v) is 2.02. The Morgan fingerprint density at radius 3 is 1.75 bits per heavy atom. The Hall–Kier alpha value is 1.25. The standard InChI is InChI=1S/C3H3F3I2/c4-1-3(7,8)2(5)6/h2H,1H2. The van der Waals surface area contributed by atoms with Crippen LogP contribution in [0, 0.1) is 0 Å². The Kier molecular flexibility index (Phi) is 3.96. The first-order valence-corrected chi connectivity index (χ1v) is 3.88. The molecule has 0 unspecified atom stereocenters. The van der Waals surface area contributed by atoms with Gasteiger partial charge < -0.3 is 0 Å². The second-order valence-corrected chi connectivity index (χ2v) is 7.11. The summed E-state index contributed by atoms with van der Waals surface area (Å²) in [6.07, 6.45) is -2.59.